The van der Waals surface area contributed by atoms with Gasteiger partial charge >= 0.3 is 0 Å². The molecule has 182 valence electrons. The van der Waals surface area contributed by atoms with Crippen LogP contribution in [-0.4, -0.2) is 38.6 Å². The molecule has 3 heterocycles. The first kappa shape index (κ1) is 25.5. The predicted molar refractivity (Wildman–Crippen MR) is 134 cm³/mol. The van der Waals surface area contributed by atoms with Gasteiger partial charge in [0.25, 0.3) is 5.91 Å². The van der Waals surface area contributed by atoms with Gasteiger partial charge in [0.05, 0.1) is 35.2 Å². The lowest BCUT2D eigenvalue weighted by Gasteiger charge is -2.20. The summed E-state index contributed by atoms with van der Waals surface area (Å²) in [6.07, 6.45) is 6.98. The molecule has 0 fully saturated rings. The topological polar surface area (TPSA) is 93.0 Å². The van der Waals surface area contributed by atoms with Gasteiger partial charge in [-0.05, 0) is 48.4 Å². The van der Waals surface area contributed by atoms with Gasteiger partial charge in [-0.25, -0.2) is 14.1 Å². The largest absolute Gasteiger partial charge is 0.345 e. The van der Waals surface area contributed by atoms with Crippen LogP contribution in [0, 0.1) is 5.82 Å². The maximum absolute atomic E-state index is 13.3. The van der Waals surface area contributed by atoms with Crippen LogP contribution in [-0.2, 0) is 4.79 Å². The fraction of sp³-hybridized carbons (Fsp3) is 0.269. The Kier molecular flexibility index (Phi) is 8.25. The Morgan fingerprint density at radius 2 is 1.83 bits per heavy atom. The van der Waals surface area contributed by atoms with Crippen LogP contribution in [0.15, 0.2) is 61.2 Å². The van der Waals surface area contributed by atoms with E-state index in [1.807, 2.05) is 26.8 Å². The summed E-state index contributed by atoms with van der Waals surface area (Å²) < 4.78 is 14.9. The molecule has 8 nitrogen and oxygen atoms in total. The molecule has 4 rings (SSSR count). The molecular weight excluding hydrogens is 447 g/mol. The second-order valence-corrected chi connectivity index (χ2v) is 7.61. The lowest BCUT2D eigenvalue weighted by molar-refractivity contribution is -0.116. The van der Waals surface area contributed by atoms with Crippen LogP contribution in [0.1, 0.15) is 56.1 Å². The van der Waals surface area contributed by atoms with E-state index in [9.17, 15) is 14.0 Å². The third-order valence-corrected chi connectivity index (χ3v) is 5.51. The summed E-state index contributed by atoms with van der Waals surface area (Å²) in [7, 11) is 1.65. The molecule has 1 unspecified atom stereocenters. The van der Waals surface area contributed by atoms with Crippen LogP contribution in [0.5, 0.6) is 0 Å². The molecule has 35 heavy (non-hydrogen) atoms. The Morgan fingerprint density at radius 1 is 1.11 bits per heavy atom. The monoisotopic (exact) mass is 476 g/mol. The number of anilines is 1. The molecule has 0 aliphatic heterocycles. The van der Waals surface area contributed by atoms with Crippen molar-refractivity contribution in [2.45, 2.75) is 40.2 Å². The first-order valence-corrected chi connectivity index (χ1v) is 11.5. The Hall–Kier alpha value is -4.14. The van der Waals surface area contributed by atoms with Gasteiger partial charge in [0.15, 0.2) is 0 Å². The van der Waals surface area contributed by atoms with Crippen LogP contribution in [0.25, 0.3) is 16.6 Å². The molecule has 1 N–H and O–H groups in total. The van der Waals surface area contributed by atoms with E-state index in [0.717, 1.165) is 5.56 Å². The molecule has 0 radical (unpaired) electrons. The fourth-order valence-corrected chi connectivity index (χ4v) is 3.56. The molecular formula is C26H29FN6O2. The van der Waals surface area contributed by atoms with E-state index in [1.165, 1.54) is 30.2 Å². The van der Waals surface area contributed by atoms with Crippen molar-refractivity contribution in [3.05, 3.63) is 78.1 Å². The lowest BCUT2D eigenvalue weighted by atomic mass is 10.0. The number of pyridine rings is 2. The molecule has 4 aromatic rings. The van der Waals surface area contributed by atoms with Gasteiger partial charge < -0.3 is 10.2 Å². The van der Waals surface area contributed by atoms with Crippen molar-refractivity contribution in [3.8, 4) is 5.69 Å². The number of aromatic nitrogens is 4. The molecule has 0 saturated carbocycles. The Bertz CT molecular complexity index is 1320. The van der Waals surface area contributed by atoms with E-state index in [1.54, 1.807) is 48.5 Å². The fourth-order valence-electron chi connectivity index (χ4n) is 3.56. The van der Waals surface area contributed by atoms with Crippen molar-refractivity contribution >= 4 is 28.5 Å². The van der Waals surface area contributed by atoms with E-state index in [-0.39, 0.29) is 23.7 Å². The zero-order valence-corrected chi connectivity index (χ0v) is 20.5. The average Bonchev–Trinajstić information content (AvgIpc) is 3.32. The number of amides is 2. The third-order valence-electron chi connectivity index (χ3n) is 5.51. The number of hydrogen-bond acceptors (Lipinski definition) is 5. The van der Waals surface area contributed by atoms with E-state index < -0.39 is 0 Å². The zero-order chi connectivity index (χ0) is 25.5. The summed E-state index contributed by atoms with van der Waals surface area (Å²) in [6, 6.07) is 9.25. The summed E-state index contributed by atoms with van der Waals surface area (Å²) in [5.74, 6) is -0.255. The van der Waals surface area contributed by atoms with Crippen molar-refractivity contribution < 1.29 is 14.0 Å². The molecule has 0 aliphatic carbocycles. The van der Waals surface area contributed by atoms with Crippen molar-refractivity contribution in [1.29, 1.82) is 0 Å². The van der Waals surface area contributed by atoms with Crippen molar-refractivity contribution in [2.75, 3.05) is 11.9 Å². The maximum Gasteiger partial charge on any atom is 0.254 e. The lowest BCUT2D eigenvalue weighted by Crippen LogP contribution is -2.29. The van der Waals surface area contributed by atoms with Gasteiger partial charge in [0, 0.05) is 31.8 Å². The van der Waals surface area contributed by atoms with Gasteiger partial charge in [0.1, 0.15) is 11.6 Å². The molecule has 0 saturated heterocycles. The number of nitrogens with one attached hydrogen (secondary N) is 1. The minimum absolute atomic E-state index is 0.132. The standard InChI is InChI=1S/C24H23FN6O2.C2H6/c1-4-21(16-9-10-27-23(11-16)30(3)15(2)32)29-24(33)20-12-26-14-22-19(20)13-28-31(22)18-7-5-17(25)6-8-18;1-2/h5-14,21H,4H2,1-3H3,(H,29,33);1-2H3. The average molecular weight is 477 g/mol. The number of halogens is 1. The van der Waals surface area contributed by atoms with Crippen LogP contribution in [0.4, 0.5) is 10.2 Å². The zero-order valence-electron chi connectivity index (χ0n) is 20.5. The van der Waals surface area contributed by atoms with Gasteiger partial charge in [0.2, 0.25) is 5.91 Å². The highest BCUT2D eigenvalue weighted by atomic mass is 19.1. The molecule has 1 aromatic carbocycles. The Labute approximate surface area is 203 Å². The number of nitrogens with zero attached hydrogens (tertiary/aromatic N) is 5. The smallest absolute Gasteiger partial charge is 0.254 e. The summed E-state index contributed by atoms with van der Waals surface area (Å²) in [5, 5.41) is 8.05. The highest BCUT2D eigenvalue weighted by molar-refractivity contribution is 6.06. The minimum atomic E-state index is -0.340. The Morgan fingerprint density at radius 3 is 2.49 bits per heavy atom. The molecule has 2 amide bonds. The highest BCUT2D eigenvalue weighted by Gasteiger charge is 2.20. The minimum Gasteiger partial charge on any atom is -0.345 e. The molecule has 1 atom stereocenters. The predicted octanol–water partition coefficient (Wildman–Crippen LogP) is 4.84. The summed E-state index contributed by atoms with van der Waals surface area (Å²) in [4.78, 5) is 34.8. The van der Waals surface area contributed by atoms with Gasteiger partial charge in [-0.15, -0.1) is 0 Å². The summed E-state index contributed by atoms with van der Waals surface area (Å²) >= 11 is 0. The normalized spacial score (nSPS) is 11.4. The molecule has 9 heteroatoms. The quantitative estimate of drug-likeness (QED) is 0.430. The second kappa shape index (κ2) is 11.3. The van der Waals surface area contributed by atoms with Gasteiger partial charge in [-0.2, -0.15) is 5.10 Å². The number of benzene rings is 1. The number of fused-ring (bicyclic) bond motifs is 1. The second-order valence-electron chi connectivity index (χ2n) is 7.61. The summed E-state index contributed by atoms with van der Waals surface area (Å²) in [6.45, 7) is 7.43. The van der Waals surface area contributed by atoms with E-state index in [4.69, 9.17) is 0 Å². The number of rotatable bonds is 6. The van der Waals surface area contributed by atoms with Crippen molar-refractivity contribution in [3.63, 3.8) is 0 Å². The maximum atomic E-state index is 13.3. The van der Waals surface area contributed by atoms with Crippen LogP contribution in [0.3, 0.4) is 0 Å². The number of carbonyl (C=O) groups is 2. The molecule has 0 bridgehead atoms. The summed E-state index contributed by atoms with van der Waals surface area (Å²) in [5.41, 5.74) is 2.52. The van der Waals surface area contributed by atoms with Gasteiger partial charge in [-0.1, -0.05) is 20.8 Å². The van der Waals surface area contributed by atoms with Gasteiger partial charge in [-0.3, -0.25) is 14.6 Å². The molecule has 0 aliphatic rings. The van der Waals surface area contributed by atoms with E-state index in [2.05, 4.69) is 20.4 Å². The molecule has 3 aromatic heterocycles. The Balaban J connectivity index is 0.00000167. The first-order valence-electron chi connectivity index (χ1n) is 11.5. The molecule has 0 spiro atoms. The third kappa shape index (κ3) is 5.51. The van der Waals surface area contributed by atoms with E-state index >= 15 is 0 Å². The van der Waals surface area contributed by atoms with Crippen molar-refractivity contribution in [1.82, 2.24) is 25.1 Å². The number of carbonyl (C=O) groups excluding carboxylic acids is 2. The number of hydrogen-bond donors (Lipinski definition) is 1. The first-order chi connectivity index (χ1) is 16.9. The van der Waals surface area contributed by atoms with E-state index in [0.29, 0.717) is 34.4 Å². The van der Waals surface area contributed by atoms with Crippen LogP contribution in [0.2, 0.25) is 0 Å². The SMILES string of the molecule is CC.CCC(NC(=O)c1cncc2c1cnn2-c1ccc(F)cc1)c1ccnc(N(C)C(C)=O)c1. The highest BCUT2D eigenvalue weighted by Crippen LogP contribution is 2.24. The van der Waals surface area contributed by atoms with Crippen LogP contribution < -0.4 is 10.2 Å². The van der Waals surface area contributed by atoms with Crippen molar-refractivity contribution in [2.24, 2.45) is 0 Å². The van der Waals surface area contributed by atoms with Crippen LogP contribution >= 0.6 is 0 Å².